The molecule has 0 aliphatic carbocycles. The summed E-state index contributed by atoms with van der Waals surface area (Å²) in [6.07, 6.45) is 1.27. The molecule has 1 aromatic heterocycles. The number of ketones is 1. The van der Waals surface area contributed by atoms with Crippen molar-refractivity contribution in [3.05, 3.63) is 47.6 Å². The molecular weight excluding hydrogens is 272 g/mol. The van der Waals surface area contributed by atoms with Gasteiger partial charge in [-0.05, 0) is 6.42 Å². The summed E-state index contributed by atoms with van der Waals surface area (Å²) in [5.74, 6) is 1.76. The topological polar surface area (TPSA) is 56.0 Å². The van der Waals surface area contributed by atoms with Crippen molar-refractivity contribution in [3.8, 4) is 0 Å². The fourth-order valence-corrected chi connectivity index (χ4v) is 2.41. The SMILES string of the molecule is CCC(C)SCc1noc(CC(=O)c2ccccc2)n1. The molecule has 0 amide bonds. The van der Waals surface area contributed by atoms with Gasteiger partial charge in [0.1, 0.15) is 0 Å². The molecule has 0 saturated carbocycles. The molecule has 2 rings (SSSR count). The van der Waals surface area contributed by atoms with Crippen molar-refractivity contribution in [2.45, 2.75) is 37.7 Å². The third-order valence-corrected chi connectivity index (χ3v) is 4.32. The number of rotatable bonds is 7. The zero-order chi connectivity index (χ0) is 14.4. The van der Waals surface area contributed by atoms with Gasteiger partial charge in [-0.1, -0.05) is 49.3 Å². The highest BCUT2D eigenvalue weighted by Crippen LogP contribution is 2.18. The maximum atomic E-state index is 12.0. The smallest absolute Gasteiger partial charge is 0.234 e. The van der Waals surface area contributed by atoms with Crippen molar-refractivity contribution in [2.75, 3.05) is 0 Å². The number of nitrogens with zero attached hydrogens (tertiary/aromatic N) is 2. The summed E-state index contributed by atoms with van der Waals surface area (Å²) < 4.78 is 5.13. The van der Waals surface area contributed by atoms with Crippen LogP contribution >= 0.6 is 11.8 Å². The van der Waals surface area contributed by atoms with Crippen LogP contribution in [0.3, 0.4) is 0 Å². The van der Waals surface area contributed by atoms with Gasteiger partial charge in [-0.3, -0.25) is 4.79 Å². The van der Waals surface area contributed by atoms with Crippen LogP contribution in [0.15, 0.2) is 34.9 Å². The van der Waals surface area contributed by atoms with Crippen LogP contribution in [0.2, 0.25) is 0 Å². The molecule has 1 unspecified atom stereocenters. The van der Waals surface area contributed by atoms with Gasteiger partial charge in [-0.2, -0.15) is 16.7 Å². The first-order chi connectivity index (χ1) is 9.69. The van der Waals surface area contributed by atoms with E-state index in [0.717, 1.165) is 12.2 Å². The van der Waals surface area contributed by atoms with E-state index in [1.807, 2.05) is 18.2 Å². The van der Waals surface area contributed by atoms with Gasteiger partial charge in [-0.25, -0.2) is 0 Å². The highest BCUT2D eigenvalue weighted by atomic mass is 32.2. The first-order valence-electron chi connectivity index (χ1n) is 6.70. The van der Waals surface area contributed by atoms with Gasteiger partial charge in [0, 0.05) is 10.8 Å². The predicted molar refractivity (Wildman–Crippen MR) is 79.8 cm³/mol. The molecule has 20 heavy (non-hydrogen) atoms. The third kappa shape index (κ3) is 4.20. The molecule has 2 aromatic rings. The largest absolute Gasteiger partial charge is 0.339 e. The summed E-state index contributed by atoms with van der Waals surface area (Å²) in [6, 6.07) is 9.15. The van der Waals surface area contributed by atoms with Crippen molar-refractivity contribution in [2.24, 2.45) is 0 Å². The van der Waals surface area contributed by atoms with Gasteiger partial charge >= 0.3 is 0 Å². The molecule has 5 heteroatoms. The number of hydrogen-bond acceptors (Lipinski definition) is 5. The van der Waals surface area contributed by atoms with E-state index in [2.05, 4.69) is 24.0 Å². The van der Waals surface area contributed by atoms with E-state index in [0.29, 0.717) is 22.5 Å². The highest BCUT2D eigenvalue weighted by Gasteiger charge is 2.13. The van der Waals surface area contributed by atoms with E-state index >= 15 is 0 Å². The number of carbonyl (C=O) groups excluding carboxylic acids is 1. The Labute approximate surface area is 123 Å². The van der Waals surface area contributed by atoms with Crippen LogP contribution in [-0.4, -0.2) is 21.2 Å². The third-order valence-electron chi connectivity index (χ3n) is 2.99. The Kier molecular flexibility index (Phi) is 5.35. The molecule has 0 fully saturated rings. The zero-order valence-corrected chi connectivity index (χ0v) is 12.5. The summed E-state index contributed by atoms with van der Waals surface area (Å²) >= 11 is 1.79. The molecular formula is C15H18N2O2S. The molecule has 106 valence electrons. The number of hydrogen-bond donors (Lipinski definition) is 0. The first-order valence-corrected chi connectivity index (χ1v) is 7.75. The van der Waals surface area contributed by atoms with E-state index in [4.69, 9.17) is 4.52 Å². The molecule has 0 aliphatic heterocycles. The number of benzene rings is 1. The van der Waals surface area contributed by atoms with E-state index in [1.54, 1.807) is 23.9 Å². The number of Topliss-reactive ketones (excluding diaryl/α,β-unsaturated/α-hetero) is 1. The normalized spacial score (nSPS) is 12.3. The maximum absolute atomic E-state index is 12.0. The predicted octanol–water partition coefficient (Wildman–Crippen LogP) is 3.53. The Bertz CT molecular complexity index is 554. The Hall–Kier alpha value is -1.62. The molecule has 0 spiro atoms. The summed E-state index contributed by atoms with van der Waals surface area (Å²) in [7, 11) is 0. The van der Waals surface area contributed by atoms with Crippen molar-refractivity contribution in [1.82, 2.24) is 10.1 Å². The molecule has 1 heterocycles. The quantitative estimate of drug-likeness (QED) is 0.730. The van der Waals surface area contributed by atoms with Crippen LogP contribution in [0.25, 0.3) is 0 Å². The maximum Gasteiger partial charge on any atom is 0.234 e. The van der Waals surface area contributed by atoms with Gasteiger partial charge in [0.2, 0.25) is 5.89 Å². The van der Waals surface area contributed by atoms with Crippen molar-refractivity contribution < 1.29 is 9.32 Å². The molecule has 0 N–H and O–H groups in total. The van der Waals surface area contributed by atoms with E-state index < -0.39 is 0 Å². The second-order valence-corrected chi connectivity index (χ2v) is 6.03. The van der Waals surface area contributed by atoms with E-state index in [-0.39, 0.29) is 12.2 Å². The monoisotopic (exact) mass is 290 g/mol. The lowest BCUT2D eigenvalue weighted by Gasteiger charge is -2.04. The van der Waals surface area contributed by atoms with Gasteiger partial charge in [-0.15, -0.1) is 0 Å². The van der Waals surface area contributed by atoms with Crippen molar-refractivity contribution in [3.63, 3.8) is 0 Å². The van der Waals surface area contributed by atoms with Crippen LogP contribution in [0, 0.1) is 0 Å². The lowest BCUT2D eigenvalue weighted by Crippen LogP contribution is -2.03. The Morgan fingerprint density at radius 3 is 2.80 bits per heavy atom. The van der Waals surface area contributed by atoms with Gasteiger partial charge in [0.15, 0.2) is 11.6 Å². The lowest BCUT2D eigenvalue weighted by atomic mass is 10.1. The van der Waals surface area contributed by atoms with Gasteiger partial charge in [0.05, 0.1) is 12.2 Å². The molecule has 0 saturated heterocycles. The minimum Gasteiger partial charge on any atom is -0.339 e. The molecule has 4 nitrogen and oxygen atoms in total. The fourth-order valence-electron chi connectivity index (χ4n) is 1.62. The highest BCUT2D eigenvalue weighted by molar-refractivity contribution is 7.99. The fraction of sp³-hybridized carbons (Fsp3) is 0.400. The second-order valence-electron chi connectivity index (χ2n) is 4.60. The van der Waals surface area contributed by atoms with Crippen LogP contribution in [0.4, 0.5) is 0 Å². The lowest BCUT2D eigenvalue weighted by molar-refractivity contribution is 0.0983. The summed E-state index contributed by atoms with van der Waals surface area (Å²) in [6.45, 7) is 4.32. The Balaban J connectivity index is 1.91. The van der Waals surface area contributed by atoms with E-state index in [1.165, 1.54) is 0 Å². The Morgan fingerprint density at radius 1 is 1.35 bits per heavy atom. The summed E-state index contributed by atoms with van der Waals surface area (Å²) in [5, 5.41) is 4.48. The minimum atomic E-state index is -0.00428. The minimum absolute atomic E-state index is 0.00428. The van der Waals surface area contributed by atoms with Crippen LogP contribution in [-0.2, 0) is 12.2 Å². The second kappa shape index (κ2) is 7.24. The summed E-state index contributed by atoms with van der Waals surface area (Å²) in [4.78, 5) is 16.3. The van der Waals surface area contributed by atoms with Crippen LogP contribution in [0.5, 0.6) is 0 Å². The van der Waals surface area contributed by atoms with E-state index in [9.17, 15) is 4.79 Å². The van der Waals surface area contributed by atoms with Gasteiger partial charge in [0.25, 0.3) is 0 Å². The number of aromatic nitrogens is 2. The Morgan fingerprint density at radius 2 is 2.10 bits per heavy atom. The standard InChI is InChI=1S/C15H18N2O2S/c1-3-11(2)20-10-14-16-15(19-17-14)9-13(18)12-7-5-4-6-8-12/h4-8,11H,3,9-10H2,1-2H3. The van der Waals surface area contributed by atoms with Crippen LogP contribution < -0.4 is 0 Å². The average Bonchev–Trinajstić information content (AvgIpc) is 2.93. The molecule has 1 atom stereocenters. The summed E-state index contributed by atoms with van der Waals surface area (Å²) in [5.41, 5.74) is 0.668. The van der Waals surface area contributed by atoms with Gasteiger partial charge < -0.3 is 4.52 Å². The van der Waals surface area contributed by atoms with Crippen LogP contribution in [0.1, 0.15) is 42.3 Å². The van der Waals surface area contributed by atoms with Crippen molar-refractivity contribution in [1.29, 1.82) is 0 Å². The number of carbonyl (C=O) groups is 1. The van der Waals surface area contributed by atoms with Crippen molar-refractivity contribution >= 4 is 17.5 Å². The first kappa shape index (κ1) is 14.8. The number of thioether (sulfide) groups is 1. The average molecular weight is 290 g/mol. The zero-order valence-electron chi connectivity index (χ0n) is 11.7. The molecule has 0 radical (unpaired) electrons. The molecule has 0 bridgehead atoms. The molecule has 0 aliphatic rings. The molecule has 1 aromatic carbocycles.